The predicted molar refractivity (Wildman–Crippen MR) is 253 cm³/mol. The summed E-state index contributed by atoms with van der Waals surface area (Å²) in [5.41, 5.74) is 17.4. The molecule has 4 heterocycles. The van der Waals surface area contributed by atoms with Gasteiger partial charge in [-0.2, -0.15) is 0 Å². The molecule has 61 heavy (non-hydrogen) atoms. The number of hydrogen-bond donors (Lipinski definition) is 0. The van der Waals surface area contributed by atoms with Crippen molar-refractivity contribution >= 4 is 27.9 Å². The molecule has 3 atom stereocenters. The minimum atomic E-state index is -0.106. The van der Waals surface area contributed by atoms with E-state index in [1.807, 2.05) is 0 Å². The lowest BCUT2D eigenvalue weighted by molar-refractivity contribution is 0.599. The molecule has 0 N–H and O–H groups in total. The molecular formula is C57H46N4. The predicted octanol–water partition coefficient (Wildman–Crippen LogP) is 13.8. The number of rotatable bonds is 8. The first-order valence-corrected chi connectivity index (χ1v) is 21.6. The normalized spacial score (nSPS) is 21.3. The van der Waals surface area contributed by atoms with E-state index in [0.717, 1.165) is 87.3 Å². The number of benzene rings is 2. The van der Waals surface area contributed by atoms with Gasteiger partial charge in [-0.3, -0.25) is 4.40 Å². The third-order valence-electron chi connectivity index (χ3n) is 12.8. The summed E-state index contributed by atoms with van der Waals surface area (Å²) in [5, 5.41) is 0. The van der Waals surface area contributed by atoms with Crippen LogP contribution in [0.3, 0.4) is 0 Å². The number of imidazole rings is 1. The van der Waals surface area contributed by atoms with Crippen LogP contribution in [-0.4, -0.2) is 19.4 Å². The maximum Gasteiger partial charge on any atom is 0.137 e. The Bertz CT molecular complexity index is 3030. The maximum atomic E-state index is 5.29. The van der Waals surface area contributed by atoms with Crippen molar-refractivity contribution in [2.24, 2.45) is 11.8 Å². The standard InChI is InChI=1S/C57H46N4/c1-57(30-11-5-12-31-57)49-37-52(40-15-6-2-3-7-16-40)59-53(38-49)42-22-25-43(26-23-42)55-56(61-32-13-10-21-54(61)60-55)44-20-14-19-41(24-27-44)51-36-48(46-29-28-45-33-47(45)34-46)35-50(58-51)39-17-8-4-9-18-39/h2-15,17-18,20-30,32,34-38,45,47H,16,19,31,33H2,1H3. The average Bonchev–Trinajstić information content (AvgIpc) is 4.11. The SMILES string of the molecule is CC1(c2cc(C3=CC=CC=CC3)nc(-c3ccc(-c4nc5ccccn5c4C4=CC=C(c5cc(C6=CC7CC7C=C6)cc(-c6ccccc6)n5)CC=C4)cc3)c2)C=CC=CC1. The molecule has 294 valence electrons. The maximum absolute atomic E-state index is 5.29. The van der Waals surface area contributed by atoms with Crippen LogP contribution in [0.15, 0.2) is 200 Å². The number of nitrogens with zero attached hydrogens (tertiary/aromatic N) is 4. The Morgan fingerprint density at radius 1 is 0.574 bits per heavy atom. The zero-order chi connectivity index (χ0) is 40.8. The minimum Gasteiger partial charge on any atom is -0.299 e. The lowest BCUT2D eigenvalue weighted by atomic mass is 9.76. The summed E-state index contributed by atoms with van der Waals surface area (Å²) in [7, 11) is 0. The summed E-state index contributed by atoms with van der Waals surface area (Å²) < 4.78 is 2.21. The van der Waals surface area contributed by atoms with E-state index in [4.69, 9.17) is 15.0 Å². The lowest BCUT2D eigenvalue weighted by Crippen LogP contribution is -2.20. The van der Waals surface area contributed by atoms with Gasteiger partial charge >= 0.3 is 0 Å². The van der Waals surface area contributed by atoms with Crippen LogP contribution >= 0.6 is 0 Å². The van der Waals surface area contributed by atoms with Crippen molar-refractivity contribution in [2.45, 2.75) is 38.0 Å². The molecule has 2 aromatic carbocycles. The van der Waals surface area contributed by atoms with Gasteiger partial charge in [-0.15, -0.1) is 0 Å². The molecule has 5 aliphatic rings. The van der Waals surface area contributed by atoms with E-state index in [0.29, 0.717) is 5.92 Å². The van der Waals surface area contributed by atoms with Gasteiger partial charge in [0.25, 0.3) is 0 Å². The quantitative estimate of drug-likeness (QED) is 0.154. The van der Waals surface area contributed by atoms with Gasteiger partial charge in [0.15, 0.2) is 0 Å². The minimum absolute atomic E-state index is 0.106. The fraction of sp³-hybridized carbons (Fsp3) is 0.140. The van der Waals surface area contributed by atoms with E-state index in [-0.39, 0.29) is 5.41 Å². The van der Waals surface area contributed by atoms with Crippen LogP contribution in [0.25, 0.3) is 61.7 Å². The van der Waals surface area contributed by atoms with Crippen molar-refractivity contribution in [3.8, 4) is 33.8 Å². The van der Waals surface area contributed by atoms with E-state index in [1.54, 1.807) is 0 Å². The molecule has 4 nitrogen and oxygen atoms in total. The Kier molecular flexibility index (Phi) is 9.34. The van der Waals surface area contributed by atoms with Gasteiger partial charge in [-0.05, 0) is 102 Å². The highest BCUT2D eigenvalue weighted by Gasteiger charge is 2.35. The van der Waals surface area contributed by atoms with Crippen LogP contribution < -0.4 is 0 Å². The van der Waals surface area contributed by atoms with Crippen molar-refractivity contribution in [3.05, 3.63) is 229 Å². The topological polar surface area (TPSA) is 43.1 Å². The third kappa shape index (κ3) is 7.29. The van der Waals surface area contributed by atoms with Gasteiger partial charge in [0, 0.05) is 33.9 Å². The van der Waals surface area contributed by atoms with Gasteiger partial charge in [0.05, 0.1) is 34.2 Å². The molecule has 4 aromatic heterocycles. The van der Waals surface area contributed by atoms with E-state index in [2.05, 4.69) is 212 Å². The Labute approximate surface area is 358 Å². The third-order valence-corrected chi connectivity index (χ3v) is 12.8. The first-order valence-electron chi connectivity index (χ1n) is 21.6. The van der Waals surface area contributed by atoms with Gasteiger partial charge in [0.2, 0.25) is 0 Å². The van der Waals surface area contributed by atoms with Crippen LogP contribution in [0.2, 0.25) is 0 Å². The average molecular weight is 787 g/mol. The van der Waals surface area contributed by atoms with E-state index in [1.165, 1.54) is 34.3 Å². The van der Waals surface area contributed by atoms with Crippen molar-refractivity contribution in [1.82, 2.24) is 19.4 Å². The second kappa shape index (κ2) is 15.5. The molecule has 0 radical (unpaired) electrons. The summed E-state index contributed by atoms with van der Waals surface area (Å²) in [5.74, 6) is 1.39. The summed E-state index contributed by atoms with van der Waals surface area (Å²) in [6, 6.07) is 34.7. The van der Waals surface area contributed by atoms with Crippen LogP contribution in [0.5, 0.6) is 0 Å². The Hall–Kier alpha value is -7.17. The molecule has 1 fully saturated rings. The first-order chi connectivity index (χ1) is 30.0. The summed E-state index contributed by atoms with van der Waals surface area (Å²) in [6.45, 7) is 2.32. The van der Waals surface area contributed by atoms with E-state index < -0.39 is 0 Å². The Morgan fingerprint density at radius 3 is 2.16 bits per heavy atom. The molecular weight excluding hydrogens is 741 g/mol. The van der Waals surface area contributed by atoms with Crippen LogP contribution in [0.4, 0.5) is 0 Å². The fourth-order valence-corrected chi connectivity index (χ4v) is 9.10. The highest BCUT2D eigenvalue weighted by Crippen LogP contribution is 2.46. The number of hydrogen-bond acceptors (Lipinski definition) is 3. The highest BCUT2D eigenvalue weighted by molar-refractivity contribution is 5.88. The molecule has 0 aliphatic heterocycles. The Morgan fingerprint density at radius 2 is 1.31 bits per heavy atom. The zero-order valence-electron chi connectivity index (χ0n) is 34.3. The summed E-state index contributed by atoms with van der Waals surface area (Å²) in [6.07, 6.45) is 41.7. The summed E-state index contributed by atoms with van der Waals surface area (Å²) in [4.78, 5) is 15.8. The first kappa shape index (κ1) is 36.9. The number of allylic oxidation sites excluding steroid dienone is 20. The molecule has 0 amide bonds. The van der Waals surface area contributed by atoms with E-state index >= 15 is 0 Å². The van der Waals surface area contributed by atoms with Gasteiger partial charge in [-0.25, -0.2) is 15.0 Å². The van der Waals surface area contributed by atoms with Crippen LogP contribution in [-0.2, 0) is 5.41 Å². The highest BCUT2D eigenvalue weighted by atomic mass is 15.0. The van der Waals surface area contributed by atoms with Crippen molar-refractivity contribution in [1.29, 1.82) is 0 Å². The monoisotopic (exact) mass is 786 g/mol. The van der Waals surface area contributed by atoms with Gasteiger partial charge in [-0.1, -0.05) is 165 Å². The van der Waals surface area contributed by atoms with Gasteiger partial charge < -0.3 is 0 Å². The van der Waals surface area contributed by atoms with Crippen LogP contribution in [0.1, 0.15) is 60.8 Å². The van der Waals surface area contributed by atoms with E-state index in [9.17, 15) is 0 Å². The molecule has 0 saturated heterocycles. The number of aromatic nitrogens is 4. The second-order valence-electron chi connectivity index (χ2n) is 17.0. The molecule has 11 rings (SSSR count). The molecule has 3 unspecified atom stereocenters. The molecule has 6 aromatic rings. The number of fused-ring (bicyclic) bond motifs is 2. The second-order valence-corrected chi connectivity index (χ2v) is 17.0. The Balaban J connectivity index is 0.967. The van der Waals surface area contributed by atoms with Crippen molar-refractivity contribution in [3.63, 3.8) is 0 Å². The summed E-state index contributed by atoms with van der Waals surface area (Å²) >= 11 is 0. The molecule has 1 saturated carbocycles. The molecule has 0 spiro atoms. The lowest BCUT2D eigenvalue weighted by Gasteiger charge is -2.28. The fourth-order valence-electron chi connectivity index (χ4n) is 9.10. The van der Waals surface area contributed by atoms with Gasteiger partial charge in [0.1, 0.15) is 5.65 Å². The van der Waals surface area contributed by atoms with Crippen molar-refractivity contribution < 1.29 is 0 Å². The van der Waals surface area contributed by atoms with Crippen molar-refractivity contribution in [2.75, 3.05) is 0 Å². The van der Waals surface area contributed by atoms with Crippen LogP contribution in [0, 0.1) is 11.8 Å². The molecule has 4 heteroatoms. The zero-order valence-corrected chi connectivity index (χ0v) is 34.3. The number of pyridine rings is 3. The largest absolute Gasteiger partial charge is 0.299 e. The smallest absolute Gasteiger partial charge is 0.137 e. The molecule has 5 aliphatic carbocycles. The molecule has 0 bridgehead atoms.